The summed E-state index contributed by atoms with van der Waals surface area (Å²) in [5.74, 6) is 0.789. The number of hydrogen-bond donors (Lipinski definition) is 0. The van der Waals surface area contributed by atoms with Crippen LogP contribution in [0.5, 0.6) is 0 Å². The Morgan fingerprint density at radius 1 is 1.27 bits per heavy atom. The molecule has 0 spiro atoms. The molecule has 0 radical (unpaired) electrons. The quantitative estimate of drug-likeness (QED) is 0.584. The molecule has 0 saturated heterocycles. The molecule has 0 heterocycles. The molecule has 0 aromatic carbocycles. The van der Waals surface area contributed by atoms with E-state index in [0.717, 1.165) is 12.5 Å². The molecule has 11 heavy (non-hydrogen) atoms. The summed E-state index contributed by atoms with van der Waals surface area (Å²) in [6.07, 6.45) is 2.46. The molecule has 0 aliphatic rings. The van der Waals surface area contributed by atoms with Crippen molar-refractivity contribution in [2.24, 2.45) is 5.92 Å². The van der Waals surface area contributed by atoms with Crippen molar-refractivity contribution in [3.63, 3.8) is 0 Å². The average Bonchev–Trinajstić information content (AvgIpc) is 1.97. The molecule has 0 saturated carbocycles. The summed E-state index contributed by atoms with van der Waals surface area (Å²) in [6, 6.07) is 0. The molecule has 1 unspecified atom stereocenters. The van der Waals surface area contributed by atoms with E-state index < -0.39 is 0 Å². The van der Waals surface area contributed by atoms with E-state index in [4.69, 9.17) is 4.74 Å². The van der Waals surface area contributed by atoms with Gasteiger partial charge in [-0.3, -0.25) is 0 Å². The van der Waals surface area contributed by atoms with Gasteiger partial charge in [0.05, 0.1) is 0 Å². The lowest BCUT2D eigenvalue weighted by Gasteiger charge is -2.14. The Morgan fingerprint density at radius 3 is 2.36 bits per heavy atom. The van der Waals surface area contributed by atoms with Gasteiger partial charge in [-0.2, -0.15) is 0 Å². The fourth-order valence-corrected chi connectivity index (χ4v) is 0.942. The zero-order valence-electron chi connectivity index (χ0n) is 8.26. The Labute approximate surface area is 70.5 Å². The van der Waals surface area contributed by atoms with E-state index in [0.29, 0.717) is 0 Å². The van der Waals surface area contributed by atoms with Crippen molar-refractivity contribution in [1.82, 2.24) is 4.90 Å². The Hall–Kier alpha value is -0.0800. The van der Waals surface area contributed by atoms with Crippen LogP contribution >= 0.6 is 0 Å². The first kappa shape index (κ1) is 10.9. The van der Waals surface area contributed by atoms with E-state index in [1.54, 1.807) is 7.11 Å². The third-order valence-corrected chi connectivity index (χ3v) is 1.88. The van der Waals surface area contributed by atoms with E-state index in [1.807, 2.05) is 0 Å². The number of methoxy groups -OCH3 is 1. The zero-order valence-corrected chi connectivity index (χ0v) is 8.26. The van der Waals surface area contributed by atoms with E-state index in [-0.39, 0.29) is 0 Å². The Balaban J connectivity index is 3.15. The fourth-order valence-electron chi connectivity index (χ4n) is 0.942. The van der Waals surface area contributed by atoms with Gasteiger partial charge in [-0.1, -0.05) is 6.92 Å². The first-order valence-electron chi connectivity index (χ1n) is 4.30. The van der Waals surface area contributed by atoms with E-state index in [1.165, 1.54) is 19.4 Å². The van der Waals surface area contributed by atoms with E-state index in [2.05, 4.69) is 25.9 Å². The number of rotatable bonds is 6. The second kappa shape index (κ2) is 6.62. The lowest BCUT2D eigenvalue weighted by atomic mass is 10.0. The molecule has 0 rings (SSSR count). The molecule has 2 nitrogen and oxygen atoms in total. The second-order valence-electron chi connectivity index (χ2n) is 3.48. The second-order valence-corrected chi connectivity index (χ2v) is 3.48. The fraction of sp³-hybridized carbons (Fsp3) is 1.00. The molecule has 0 amide bonds. The summed E-state index contributed by atoms with van der Waals surface area (Å²) in [5, 5.41) is 0. The van der Waals surface area contributed by atoms with Crippen LogP contribution in [0.1, 0.15) is 19.8 Å². The predicted molar refractivity (Wildman–Crippen MR) is 48.8 cm³/mol. The SMILES string of the molecule is COCCC(C)CCN(C)C. The smallest absolute Gasteiger partial charge is 0.0464 e. The maximum Gasteiger partial charge on any atom is 0.0464 e. The van der Waals surface area contributed by atoms with Crippen LogP contribution in [-0.2, 0) is 4.74 Å². The first-order chi connectivity index (χ1) is 5.16. The Kier molecular flexibility index (Phi) is 6.57. The highest BCUT2D eigenvalue weighted by atomic mass is 16.5. The summed E-state index contributed by atoms with van der Waals surface area (Å²) in [4.78, 5) is 2.23. The molecule has 2 heteroatoms. The van der Waals surface area contributed by atoms with Gasteiger partial charge in [-0.25, -0.2) is 0 Å². The highest BCUT2D eigenvalue weighted by Crippen LogP contribution is 2.06. The van der Waals surface area contributed by atoms with Gasteiger partial charge < -0.3 is 9.64 Å². The minimum atomic E-state index is 0.789. The molecular weight excluding hydrogens is 138 g/mol. The van der Waals surface area contributed by atoms with E-state index >= 15 is 0 Å². The molecule has 0 bridgehead atoms. The monoisotopic (exact) mass is 159 g/mol. The van der Waals surface area contributed by atoms with Crippen molar-refractivity contribution in [3.8, 4) is 0 Å². The standard InChI is InChI=1S/C9H21NO/c1-9(6-8-11-4)5-7-10(2)3/h9H,5-8H2,1-4H3. The molecular formula is C9H21NO. The van der Waals surface area contributed by atoms with Gasteiger partial charge in [0, 0.05) is 13.7 Å². The Morgan fingerprint density at radius 2 is 1.91 bits per heavy atom. The third kappa shape index (κ3) is 7.82. The molecule has 0 aromatic heterocycles. The maximum absolute atomic E-state index is 5.01. The average molecular weight is 159 g/mol. The molecule has 0 aliphatic heterocycles. The van der Waals surface area contributed by atoms with Crippen LogP contribution in [0, 0.1) is 5.92 Å². The maximum atomic E-state index is 5.01. The molecule has 0 aromatic rings. The van der Waals surface area contributed by atoms with Crippen LogP contribution in [0.4, 0.5) is 0 Å². The van der Waals surface area contributed by atoms with Crippen molar-refractivity contribution in [2.45, 2.75) is 19.8 Å². The summed E-state index contributed by atoms with van der Waals surface area (Å²) in [5.41, 5.74) is 0. The molecule has 1 atom stereocenters. The van der Waals surface area contributed by atoms with Crippen LogP contribution in [-0.4, -0.2) is 39.3 Å². The lowest BCUT2D eigenvalue weighted by molar-refractivity contribution is 0.176. The minimum absolute atomic E-state index is 0.789. The highest BCUT2D eigenvalue weighted by Gasteiger charge is 2.01. The van der Waals surface area contributed by atoms with Crippen molar-refractivity contribution in [1.29, 1.82) is 0 Å². The lowest BCUT2D eigenvalue weighted by Crippen LogP contribution is -2.16. The number of hydrogen-bond acceptors (Lipinski definition) is 2. The zero-order chi connectivity index (χ0) is 8.69. The number of ether oxygens (including phenoxy) is 1. The summed E-state index contributed by atoms with van der Waals surface area (Å²) < 4.78 is 5.01. The van der Waals surface area contributed by atoms with Crippen molar-refractivity contribution in [3.05, 3.63) is 0 Å². The third-order valence-electron chi connectivity index (χ3n) is 1.88. The van der Waals surface area contributed by atoms with Crippen molar-refractivity contribution < 1.29 is 4.74 Å². The summed E-state index contributed by atoms with van der Waals surface area (Å²) in [7, 11) is 5.99. The van der Waals surface area contributed by atoms with E-state index in [9.17, 15) is 0 Å². The molecule has 68 valence electrons. The first-order valence-corrected chi connectivity index (χ1v) is 4.30. The van der Waals surface area contributed by atoms with Crippen LogP contribution in [0.2, 0.25) is 0 Å². The van der Waals surface area contributed by atoms with Gasteiger partial charge >= 0.3 is 0 Å². The van der Waals surface area contributed by atoms with Crippen LogP contribution < -0.4 is 0 Å². The van der Waals surface area contributed by atoms with Crippen LogP contribution in [0.3, 0.4) is 0 Å². The normalized spacial score (nSPS) is 13.9. The van der Waals surface area contributed by atoms with Crippen molar-refractivity contribution >= 4 is 0 Å². The highest BCUT2D eigenvalue weighted by molar-refractivity contribution is 4.54. The topological polar surface area (TPSA) is 12.5 Å². The summed E-state index contributed by atoms with van der Waals surface area (Å²) >= 11 is 0. The van der Waals surface area contributed by atoms with Gasteiger partial charge in [-0.05, 0) is 39.4 Å². The predicted octanol–water partition coefficient (Wildman–Crippen LogP) is 1.61. The van der Waals surface area contributed by atoms with Gasteiger partial charge in [0.15, 0.2) is 0 Å². The number of nitrogens with zero attached hydrogens (tertiary/aromatic N) is 1. The minimum Gasteiger partial charge on any atom is -0.385 e. The van der Waals surface area contributed by atoms with Crippen molar-refractivity contribution in [2.75, 3.05) is 34.4 Å². The Bertz CT molecular complexity index is 83.6. The molecule has 0 fully saturated rings. The van der Waals surface area contributed by atoms with Gasteiger partial charge in [0.25, 0.3) is 0 Å². The molecule has 0 aliphatic carbocycles. The molecule has 0 N–H and O–H groups in total. The van der Waals surface area contributed by atoms with Gasteiger partial charge in [0.2, 0.25) is 0 Å². The largest absolute Gasteiger partial charge is 0.385 e. The summed E-state index contributed by atoms with van der Waals surface area (Å²) in [6.45, 7) is 4.36. The van der Waals surface area contributed by atoms with Gasteiger partial charge in [0.1, 0.15) is 0 Å². The van der Waals surface area contributed by atoms with Crippen LogP contribution in [0.15, 0.2) is 0 Å². The van der Waals surface area contributed by atoms with Gasteiger partial charge in [-0.15, -0.1) is 0 Å². The van der Waals surface area contributed by atoms with Crippen LogP contribution in [0.25, 0.3) is 0 Å².